The third kappa shape index (κ3) is 5.98. The topological polar surface area (TPSA) is 75.7 Å². The molecule has 0 saturated carbocycles. The van der Waals surface area contributed by atoms with E-state index < -0.39 is 10.0 Å². The summed E-state index contributed by atoms with van der Waals surface area (Å²) in [6.07, 6.45) is 0. The van der Waals surface area contributed by atoms with Gasteiger partial charge in [-0.3, -0.25) is 9.10 Å². The van der Waals surface area contributed by atoms with Gasteiger partial charge < -0.3 is 10.1 Å². The first-order valence-electron chi connectivity index (χ1n) is 8.39. The lowest BCUT2D eigenvalue weighted by Crippen LogP contribution is -2.36. The molecule has 2 rings (SSSR count). The lowest BCUT2D eigenvalue weighted by Gasteiger charge is -2.19. The normalized spacial score (nSPS) is 12.4. The van der Waals surface area contributed by atoms with Crippen molar-refractivity contribution < 1.29 is 17.9 Å². The van der Waals surface area contributed by atoms with E-state index >= 15 is 0 Å². The molecular formula is C19H24N2O4S2. The van der Waals surface area contributed by atoms with Gasteiger partial charge in [0.15, 0.2) is 0 Å². The standard InChI is InChI=1S/C19H24N2O4S2/c1-15(13-25-3)20-19(22)14-26-17-9-11-18(12-10-17)27(23,24)21(2)16-7-5-4-6-8-16/h4-12,15H,13-14H2,1-3H3,(H,20,22)/t15-/m1/s1. The highest BCUT2D eigenvalue weighted by atomic mass is 32.2. The van der Waals surface area contributed by atoms with Gasteiger partial charge in [0, 0.05) is 25.1 Å². The van der Waals surface area contributed by atoms with E-state index in [1.165, 1.54) is 23.1 Å². The fourth-order valence-corrected chi connectivity index (χ4v) is 4.30. The Morgan fingerprint density at radius 3 is 2.37 bits per heavy atom. The maximum atomic E-state index is 12.7. The lowest BCUT2D eigenvalue weighted by atomic mass is 10.3. The summed E-state index contributed by atoms with van der Waals surface area (Å²) in [5, 5.41) is 2.83. The number of amides is 1. The number of anilines is 1. The number of rotatable bonds is 9. The Balaban J connectivity index is 1.99. The van der Waals surface area contributed by atoms with E-state index in [-0.39, 0.29) is 22.6 Å². The first-order valence-corrected chi connectivity index (χ1v) is 10.8. The van der Waals surface area contributed by atoms with Crippen molar-refractivity contribution in [3.63, 3.8) is 0 Å². The summed E-state index contributed by atoms with van der Waals surface area (Å²) in [6, 6.07) is 15.4. The Labute approximate surface area is 165 Å². The molecule has 0 heterocycles. The van der Waals surface area contributed by atoms with Gasteiger partial charge in [-0.25, -0.2) is 8.42 Å². The molecule has 6 nitrogen and oxygen atoms in total. The first kappa shape index (κ1) is 21.3. The molecule has 1 atom stereocenters. The molecule has 27 heavy (non-hydrogen) atoms. The predicted octanol–water partition coefficient (Wildman–Crippen LogP) is 2.75. The van der Waals surface area contributed by atoms with Crippen LogP contribution in [0.15, 0.2) is 64.4 Å². The van der Waals surface area contributed by atoms with Crippen molar-refractivity contribution in [2.75, 3.05) is 30.8 Å². The van der Waals surface area contributed by atoms with Crippen LogP contribution >= 0.6 is 11.8 Å². The van der Waals surface area contributed by atoms with Crippen LogP contribution in [0.25, 0.3) is 0 Å². The highest BCUT2D eigenvalue weighted by Crippen LogP contribution is 2.24. The van der Waals surface area contributed by atoms with Crippen LogP contribution in [0.5, 0.6) is 0 Å². The van der Waals surface area contributed by atoms with Crippen molar-refractivity contribution in [1.82, 2.24) is 5.32 Å². The summed E-state index contributed by atoms with van der Waals surface area (Å²) < 4.78 is 31.7. The number of thioether (sulfide) groups is 1. The van der Waals surface area contributed by atoms with Crippen LogP contribution < -0.4 is 9.62 Å². The molecule has 0 spiro atoms. The van der Waals surface area contributed by atoms with Crippen LogP contribution in [0.1, 0.15) is 6.92 Å². The van der Waals surface area contributed by atoms with Gasteiger partial charge in [0.05, 0.1) is 22.9 Å². The number of carbonyl (C=O) groups excluding carboxylic acids is 1. The Kier molecular flexibility index (Phi) is 7.70. The monoisotopic (exact) mass is 408 g/mol. The van der Waals surface area contributed by atoms with Crippen molar-refractivity contribution in [3.8, 4) is 0 Å². The van der Waals surface area contributed by atoms with E-state index in [2.05, 4.69) is 5.32 Å². The van der Waals surface area contributed by atoms with Gasteiger partial charge >= 0.3 is 0 Å². The van der Waals surface area contributed by atoms with E-state index in [9.17, 15) is 13.2 Å². The van der Waals surface area contributed by atoms with E-state index in [4.69, 9.17) is 4.74 Å². The number of nitrogens with zero attached hydrogens (tertiary/aromatic N) is 1. The SMILES string of the molecule is COC[C@@H](C)NC(=O)CSc1ccc(S(=O)(=O)N(C)c2ccccc2)cc1. The summed E-state index contributed by atoms with van der Waals surface area (Å²) in [7, 11) is -0.519. The highest BCUT2D eigenvalue weighted by Gasteiger charge is 2.21. The fourth-order valence-electron chi connectivity index (χ4n) is 2.40. The van der Waals surface area contributed by atoms with Crippen LogP contribution in [0.4, 0.5) is 5.69 Å². The zero-order chi connectivity index (χ0) is 19.9. The molecule has 2 aromatic rings. The lowest BCUT2D eigenvalue weighted by molar-refractivity contribution is -0.119. The first-order chi connectivity index (χ1) is 12.8. The number of ether oxygens (including phenoxy) is 1. The second-order valence-corrected chi connectivity index (χ2v) is 9.01. The highest BCUT2D eigenvalue weighted by molar-refractivity contribution is 8.00. The quantitative estimate of drug-likeness (QED) is 0.646. The smallest absolute Gasteiger partial charge is 0.264 e. The maximum Gasteiger partial charge on any atom is 0.264 e. The molecule has 0 aromatic heterocycles. The molecular weight excluding hydrogens is 384 g/mol. The molecule has 0 unspecified atom stereocenters. The van der Waals surface area contributed by atoms with Crippen LogP contribution in [0.3, 0.4) is 0 Å². The van der Waals surface area contributed by atoms with Crippen molar-refractivity contribution in [3.05, 3.63) is 54.6 Å². The Morgan fingerprint density at radius 1 is 1.15 bits per heavy atom. The van der Waals surface area contributed by atoms with Crippen molar-refractivity contribution in [2.24, 2.45) is 0 Å². The van der Waals surface area contributed by atoms with Crippen molar-refractivity contribution >= 4 is 33.4 Å². The molecule has 1 N–H and O–H groups in total. The third-order valence-corrected chi connectivity index (χ3v) is 6.61. The summed E-state index contributed by atoms with van der Waals surface area (Å²) in [5.41, 5.74) is 0.595. The maximum absolute atomic E-state index is 12.7. The molecule has 0 saturated heterocycles. The van der Waals surface area contributed by atoms with E-state index in [1.807, 2.05) is 13.0 Å². The Hall–Kier alpha value is -2.03. The van der Waals surface area contributed by atoms with Crippen molar-refractivity contribution in [2.45, 2.75) is 22.8 Å². The summed E-state index contributed by atoms with van der Waals surface area (Å²) in [5.74, 6) is 0.161. The number of methoxy groups -OCH3 is 1. The number of hydrogen-bond donors (Lipinski definition) is 1. The Bertz CT molecular complexity index is 840. The van der Waals surface area contributed by atoms with Gasteiger partial charge in [-0.2, -0.15) is 0 Å². The van der Waals surface area contributed by atoms with Gasteiger partial charge in [-0.1, -0.05) is 18.2 Å². The average Bonchev–Trinajstić information content (AvgIpc) is 2.67. The minimum atomic E-state index is -3.63. The van der Waals surface area contributed by atoms with Gasteiger partial charge in [0.2, 0.25) is 5.91 Å². The molecule has 8 heteroatoms. The number of benzene rings is 2. The third-order valence-electron chi connectivity index (χ3n) is 3.80. The summed E-state index contributed by atoms with van der Waals surface area (Å²) in [4.78, 5) is 12.9. The predicted molar refractivity (Wildman–Crippen MR) is 109 cm³/mol. The minimum absolute atomic E-state index is 0.0517. The molecule has 146 valence electrons. The second kappa shape index (κ2) is 9.77. The van der Waals surface area contributed by atoms with Gasteiger partial charge in [-0.15, -0.1) is 11.8 Å². The van der Waals surface area contributed by atoms with Gasteiger partial charge in [-0.05, 0) is 43.3 Å². The average molecular weight is 409 g/mol. The van der Waals surface area contributed by atoms with Crippen LogP contribution in [0, 0.1) is 0 Å². The number of sulfonamides is 1. The number of para-hydroxylation sites is 1. The fraction of sp³-hybridized carbons (Fsp3) is 0.316. The molecule has 0 aliphatic rings. The van der Waals surface area contributed by atoms with Crippen LogP contribution in [-0.4, -0.2) is 46.9 Å². The summed E-state index contributed by atoms with van der Waals surface area (Å²) in [6.45, 7) is 2.33. The number of hydrogen-bond acceptors (Lipinski definition) is 5. The van der Waals surface area contributed by atoms with E-state index in [1.54, 1.807) is 55.6 Å². The molecule has 0 bridgehead atoms. The molecule has 0 aliphatic carbocycles. The molecule has 1 amide bonds. The number of carbonyl (C=O) groups is 1. The summed E-state index contributed by atoms with van der Waals surface area (Å²) >= 11 is 1.35. The zero-order valence-corrected chi connectivity index (χ0v) is 17.2. The van der Waals surface area contributed by atoms with Crippen molar-refractivity contribution in [1.29, 1.82) is 0 Å². The molecule has 2 aromatic carbocycles. The molecule has 0 aliphatic heterocycles. The largest absolute Gasteiger partial charge is 0.383 e. The van der Waals surface area contributed by atoms with Crippen LogP contribution in [0.2, 0.25) is 0 Å². The minimum Gasteiger partial charge on any atom is -0.383 e. The molecule has 0 radical (unpaired) electrons. The van der Waals surface area contributed by atoms with Crippen LogP contribution in [-0.2, 0) is 19.6 Å². The Morgan fingerprint density at radius 2 is 1.78 bits per heavy atom. The molecule has 0 fully saturated rings. The van der Waals surface area contributed by atoms with Gasteiger partial charge in [0.25, 0.3) is 10.0 Å². The number of nitrogens with one attached hydrogen (secondary N) is 1. The second-order valence-electron chi connectivity index (χ2n) is 5.99. The zero-order valence-electron chi connectivity index (χ0n) is 15.6. The van der Waals surface area contributed by atoms with E-state index in [0.717, 1.165) is 4.90 Å². The van der Waals surface area contributed by atoms with Gasteiger partial charge in [0.1, 0.15) is 0 Å². The van der Waals surface area contributed by atoms with E-state index in [0.29, 0.717) is 12.3 Å².